The zero-order valence-corrected chi connectivity index (χ0v) is 13.5. The van der Waals surface area contributed by atoms with Gasteiger partial charge >= 0.3 is 11.9 Å². The van der Waals surface area contributed by atoms with Crippen molar-refractivity contribution in [3.8, 4) is 0 Å². The third-order valence-corrected chi connectivity index (χ3v) is 2.93. The Labute approximate surface area is 131 Å². The van der Waals surface area contributed by atoms with E-state index in [0.29, 0.717) is 13.2 Å². The van der Waals surface area contributed by atoms with E-state index in [1.807, 2.05) is 0 Å². The molecule has 0 unspecified atom stereocenters. The topological polar surface area (TPSA) is 86.7 Å². The van der Waals surface area contributed by atoms with Crippen LogP contribution in [-0.2, 0) is 28.7 Å². The van der Waals surface area contributed by atoms with Crippen LogP contribution in [0.25, 0.3) is 0 Å². The van der Waals surface area contributed by atoms with Crippen LogP contribution in [0.5, 0.6) is 0 Å². The van der Waals surface area contributed by atoms with E-state index in [9.17, 15) is 19.2 Å². The van der Waals surface area contributed by atoms with Crippen LogP contribution >= 0.6 is 0 Å². The van der Waals surface area contributed by atoms with E-state index < -0.39 is 0 Å². The van der Waals surface area contributed by atoms with Crippen LogP contribution in [0.3, 0.4) is 0 Å². The molecule has 0 atom stereocenters. The molecule has 0 radical (unpaired) electrons. The zero-order valence-electron chi connectivity index (χ0n) is 13.5. The summed E-state index contributed by atoms with van der Waals surface area (Å²) >= 11 is 0. The molecule has 0 rings (SSSR count). The largest absolute Gasteiger partial charge is 0.466 e. The molecule has 0 aliphatic heterocycles. The molecule has 0 amide bonds. The second-order valence-electron chi connectivity index (χ2n) is 5.26. The van der Waals surface area contributed by atoms with Crippen LogP contribution in [0.1, 0.15) is 65.2 Å². The summed E-state index contributed by atoms with van der Waals surface area (Å²) < 4.78 is 9.97. The van der Waals surface area contributed by atoms with Gasteiger partial charge in [-0.15, -0.1) is 0 Å². The first-order chi connectivity index (χ1) is 10.4. The number of esters is 2. The van der Waals surface area contributed by atoms with E-state index in [0.717, 1.165) is 25.7 Å². The Kier molecular flexibility index (Phi) is 12.0. The highest BCUT2D eigenvalue weighted by molar-refractivity contribution is 5.81. The highest BCUT2D eigenvalue weighted by Crippen LogP contribution is 2.03. The number of hydrogen-bond donors (Lipinski definition) is 0. The number of carbonyl (C=O) groups excluding carboxylic acids is 4. The summed E-state index contributed by atoms with van der Waals surface area (Å²) in [6.45, 7) is 3.60. The van der Waals surface area contributed by atoms with Crippen LogP contribution < -0.4 is 0 Å². The third kappa shape index (κ3) is 14.7. The van der Waals surface area contributed by atoms with Crippen molar-refractivity contribution in [2.45, 2.75) is 65.2 Å². The fourth-order valence-corrected chi connectivity index (χ4v) is 1.63. The maximum absolute atomic E-state index is 11.2. The van der Waals surface area contributed by atoms with Gasteiger partial charge in [-0.1, -0.05) is 0 Å². The lowest BCUT2D eigenvalue weighted by Gasteiger charge is -2.05. The predicted molar refractivity (Wildman–Crippen MR) is 80.2 cm³/mol. The first-order valence-electron chi connectivity index (χ1n) is 7.72. The van der Waals surface area contributed by atoms with Crippen LogP contribution in [-0.4, -0.2) is 36.7 Å². The van der Waals surface area contributed by atoms with Gasteiger partial charge in [0, 0.05) is 12.8 Å². The number of rotatable bonds is 13. The summed E-state index contributed by atoms with van der Waals surface area (Å²) in [7, 11) is 0. The summed E-state index contributed by atoms with van der Waals surface area (Å²) in [6, 6.07) is 0. The Morgan fingerprint density at radius 3 is 1.27 bits per heavy atom. The van der Waals surface area contributed by atoms with Gasteiger partial charge in [0.15, 0.2) is 0 Å². The average molecular weight is 314 g/mol. The van der Waals surface area contributed by atoms with Crippen LogP contribution in [0.2, 0.25) is 0 Å². The molecule has 0 spiro atoms. The lowest BCUT2D eigenvalue weighted by atomic mass is 10.2. The highest BCUT2D eigenvalue weighted by atomic mass is 16.5. The molecular formula is C16H26O6. The van der Waals surface area contributed by atoms with Crippen molar-refractivity contribution in [3.63, 3.8) is 0 Å². The molecule has 0 aromatic carbocycles. The van der Waals surface area contributed by atoms with Gasteiger partial charge in [-0.2, -0.15) is 0 Å². The monoisotopic (exact) mass is 314 g/mol. The molecule has 0 bridgehead atoms. The summed E-state index contributed by atoms with van der Waals surface area (Å²) in [5, 5.41) is 0. The number of ketones is 2. The normalized spacial score (nSPS) is 10.1. The third-order valence-electron chi connectivity index (χ3n) is 2.93. The Bertz CT molecular complexity index is 339. The van der Waals surface area contributed by atoms with Crippen molar-refractivity contribution in [2.75, 3.05) is 13.2 Å². The second kappa shape index (κ2) is 13.0. The fraction of sp³-hybridized carbons (Fsp3) is 0.750. The number of carbonyl (C=O) groups is 4. The standard InChI is InChI=1S/C16H26O6/c1-13(17)7-9-15(19)21-11-5-3-4-6-12-22-16(20)10-8-14(2)18/h3-12H2,1-2H3. The maximum atomic E-state index is 11.2. The minimum absolute atomic E-state index is 0.0187. The lowest BCUT2D eigenvalue weighted by molar-refractivity contribution is -0.145. The van der Waals surface area contributed by atoms with Crippen LogP contribution in [0, 0.1) is 0 Å². The van der Waals surface area contributed by atoms with Gasteiger partial charge in [0.05, 0.1) is 26.1 Å². The molecule has 0 fully saturated rings. The number of Topliss-reactive ketones (excluding diaryl/α,β-unsaturated/α-hetero) is 2. The van der Waals surface area contributed by atoms with Gasteiger partial charge in [0.1, 0.15) is 11.6 Å². The lowest BCUT2D eigenvalue weighted by Crippen LogP contribution is -2.08. The minimum atomic E-state index is -0.338. The molecule has 22 heavy (non-hydrogen) atoms. The van der Waals surface area contributed by atoms with Crippen molar-refractivity contribution in [1.29, 1.82) is 0 Å². The van der Waals surface area contributed by atoms with Crippen molar-refractivity contribution in [2.24, 2.45) is 0 Å². The first kappa shape index (κ1) is 20.3. The van der Waals surface area contributed by atoms with Crippen LogP contribution in [0.15, 0.2) is 0 Å². The number of hydrogen-bond acceptors (Lipinski definition) is 6. The fourth-order valence-electron chi connectivity index (χ4n) is 1.63. The van der Waals surface area contributed by atoms with E-state index in [-0.39, 0.29) is 49.2 Å². The number of ether oxygens (including phenoxy) is 2. The Morgan fingerprint density at radius 2 is 0.955 bits per heavy atom. The minimum Gasteiger partial charge on any atom is -0.466 e. The maximum Gasteiger partial charge on any atom is 0.306 e. The van der Waals surface area contributed by atoms with E-state index >= 15 is 0 Å². The van der Waals surface area contributed by atoms with Crippen LogP contribution in [0.4, 0.5) is 0 Å². The molecule has 6 nitrogen and oxygen atoms in total. The number of unbranched alkanes of at least 4 members (excludes halogenated alkanes) is 3. The van der Waals surface area contributed by atoms with Crippen molar-refractivity contribution >= 4 is 23.5 Å². The molecule has 0 aliphatic carbocycles. The molecular weight excluding hydrogens is 288 g/mol. The average Bonchev–Trinajstić information content (AvgIpc) is 2.45. The van der Waals surface area contributed by atoms with Gasteiger partial charge in [0.25, 0.3) is 0 Å². The van der Waals surface area contributed by atoms with Gasteiger partial charge in [-0.3, -0.25) is 9.59 Å². The molecule has 0 N–H and O–H groups in total. The van der Waals surface area contributed by atoms with Gasteiger partial charge < -0.3 is 19.1 Å². The first-order valence-corrected chi connectivity index (χ1v) is 7.72. The van der Waals surface area contributed by atoms with Crippen molar-refractivity contribution in [1.82, 2.24) is 0 Å². The molecule has 0 aromatic rings. The van der Waals surface area contributed by atoms with Crippen molar-refractivity contribution < 1.29 is 28.7 Å². The van der Waals surface area contributed by atoms with Crippen molar-refractivity contribution in [3.05, 3.63) is 0 Å². The predicted octanol–water partition coefficient (Wildman–Crippen LogP) is 2.37. The zero-order chi connectivity index (χ0) is 16.8. The summed E-state index contributed by atoms with van der Waals surface area (Å²) in [6.07, 6.45) is 4.02. The highest BCUT2D eigenvalue weighted by Gasteiger charge is 2.05. The van der Waals surface area contributed by atoms with E-state index in [2.05, 4.69) is 0 Å². The summed E-state index contributed by atoms with van der Waals surface area (Å²) in [5.41, 5.74) is 0. The quantitative estimate of drug-likeness (QED) is 0.383. The van der Waals surface area contributed by atoms with E-state index in [1.54, 1.807) is 0 Å². The molecule has 0 aliphatic rings. The Balaban J connectivity index is 3.33. The SMILES string of the molecule is CC(=O)CCC(=O)OCCCCCCOC(=O)CCC(C)=O. The molecule has 0 heterocycles. The van der Waals surface area contributed by atoms with Gasteiger partial charge in [-0.05, 0) is 39.5 Å². The Morgan fingerprint density at radius 1 is 0.591 bits per heavy atom. The smallest absolute Gasteiger partial charge is 0.306 e. The summed E-state index contributed by atoms with van der Waals surface area (Å²) in [4.78, 5) is 43.8. The Hall–Kier alpha value is -1.72. The van der Waals surface area contributed by atoms with E-state index in [1.165, 1.54) is 13.8 Å². The second-order valence-corrected chi connectivity index (χ2v) is 5.26. The van der Waals surface area contributed by atoms with Gasteiger partial charge in [0.2, 0.25) is 0 Å². The summed E-state index contributed by atoms with van der Waals surface area (Å²) in [5.74, 6) is -0.714. The van der Waals surface area contributed by atoms with E-state index in [4.69, 9.17) is 9.47 Å². The van der Waals surface area contributed by atoms with Gasteiger partial charge in [-0.25, -0.2) is 0 Å². The molecule has 6 heteroatoms. The molecule has 0 saturated heterocycles. The molecule has 0 saturated carbocycles. The molecule has 0 aromatic heterocycles. The molecule has 126 valence electrons.